The molecule has 3 aromatic rings. The van der Waals surface area contributed by atoms with Gasteiger partial charge in [0.2, 0.25) is 0 Å². The van der Waals surface area contributed by atoms with Crippen molar-refractivity contribution in [3.8, 4) is 11.1 Å². The van der Waals surface area contributed by atoms with Gasteiger partial charge in [-0.15, -0.1) is 0 Å². The van der Waals surface area contributed by atoms with Gasteiger partial charge in [0, 0.05) is 23.4 Å². The highest BCUT2D eigenvalue weighted by Crippen LogP contribution is 2.56. The number of nitrogens with zero attached hydrogens (tertiary/aromatic N) is 1. The van der Waals surface area contributed by atoms with Gasteiger partial charge in [-0.1, -0.05) is 35.9 Å². The van der Waals surface area contributed by atoms with Crippen LogP contribution in [-0.2, 0) is 16.3 Å². The molecule has 1 atom stereocenters. The zero-order chi connectivity index (χ0) is 19.2. The molecular weight excluding hydrogens is 358 g/mol. The van der Waals surface area contributed by atoms with Gasteiger partial charge in [0.05, 0.1) is 6.61 Å². The Balaban J connectivity index is 1.68. The van der Waals surface area contributed by atoms with Crippen LogP contribution >= 0.6 is 0 Å². The lowest BCUT2D eigenvalue weighted by atomic mass is 9.90. The zero-order valence-electron chi connectivity index (χ0n) is 14.3. The Hall–Kier alpha value is -2.73. The molecule has 0 N–H and O–H groups in total. The third-order valence-electron chi connectivity index (χ3n) is 4.78. The normalized spacial score (nSPS) is 19.1. The van der Waals surface area contributed by atoms with Gasteiger partial charge in [0.25, 0.3) is 0 Å². The molecule has 1 aliphatic heterocycles. The number of alkyl halides is 2. The van der Waals surface area contributed by atoms with Crippen LogP contribution in [0.5, 0.6) is 0 Å². The van der Waals surface area contributed by atoms with Crippen LogP contribution in [0, 0.1) is 18.6 Å². The highest BCUT2D eigenvalue weighted by atomic mass is 19.3. The molecule has 2 nitrogen and oxygen atoms in total. The van der Waals surface area contributed by atoms with Crippen LogP contribution in [0.4, 0.5) is 17.6 Å². The molecule has 2 heterocycles. The van der Waals surface area contributed by atoms with E-state index in [9.17, 15) is 8.78 Å². The smallest absolute Gasteiger partial charge is 0.324 e. The molecule has 0 radical (unpaired) electrons. The Labute approximate surface area is 153 Å². The molecule has 2 aromatic carbocycles. The van der Waals surface area contributed by atoms with Crippen molar-refractivity contribution >= 4 is 0 Å². The zero-order valence-corrected chi connectivity index (χ0v) is 14.3. The Kier molecular flexibility index (Phi) is 4.03. The van der Waals surface area contributed by atoms with Crippen molar-refractivity contribution in [3.63, 3.8) is 0 Å². The van der Waals surface area contributed by atoms with Crippen molar-refractivity contribution in [3.05, 3.63) is 89.2 Å². The van der Waals surface area contributed by atoms with Gasteiger partial charge < -0.3 is 4.74 Å². The lowest BCUT2D eigenvalue weighted by molar-refractivity contribution is -0.0901. The van der Waals surface area contributed by atoms with Crippen LogP contribution in [0.1, 0.15) is 16.8 Å². The molecule has 1 aromatic heterocycles. The van der Waals surface area contributed by atoms with E-state index in [1.54, 1.807) is 0 Å². The number of aromatic nitrogens is 1. The number of epoxide rings is 1. The molecule has 0 saturated carbocycles. The molecule has 0 bridgehead atoms. The summed E-state index contributed by atoms with van der Waals surface area (Å²) < 4.78 is 62.4. The molecule has 4 rings (SSSR count). The fourth-order valence-electron chi connectivity index (χ4n) is 3.10. The fraction of sp³-hybridized carbons (Fsp3) is 0.190. The van der Waals surface area contributed by atoms with E-state index < -0.39 is 28.9 Å². The Bertz CT molecular complexity index is 980. The van der Waals surface area contributed by atoms with Gasteiger partial charge in [-0.05, 0) is 30.7 Å². The predicted octanol–water partition coefficient (Wildman–Crippen LogP) is 5.35. The van der Waals surface area contributed by atoms with E-state index in [2.05, 4.69) is 4.98 Å². The summed E-state index contributed by atoms with van der Waals surface area (Å²) in [5, 5.41) is 0. The topological polar surface area (TPSA) is 25.4 Å². The minimum absolute atomic E-state index is 0.371. The lowest BCUT2D eigenvalue weighted by Gasteiger charge is -2.24. The molecule has 0 unspecified atom stereocenters. The number of halogens is 4. The minimum Gasteiger partial charge on any atom is -0.357 e. The van der Waals surface area contributed by atoms with E-state index in [0.29, 0.717) is 11.6 Å². The summed E-state index contributed by atoms with van der Waals surface area (Å²) in [4.78, 5) is 3.90. The highest BCUT2D eigenvalue weighted by Gasteiger charge is 2.68. The van der Waals surface area contributed by atoms with Crippen molar-refractivity contribution < 1.29 is 22.3 Å². The van der Waals surface area contributed by atoms with Crippen LogP contribution in [-0.4, -0.2) is 11.6 Å². The number of benzene rings is 2. The second-order valence-electron chi connectivity index (χ2n) is 6.61. The summed E-state index contributed by atoms with van der Waals surface area (Å²) in [6.07, 6.45) is 1.35. The monoisotopic (exact) mass is 373 g/mol. The van der Waals surface area contributed by atoms with Crippen molar-refractivity contribution in [1.29, 1.82) is 0 Å². The Morgan fingerprint density at radius 3 is 2.19 bits per heavy atom. The van der Waals surface area contributed by atoms with Gasteiger partial charge >= 0.3 is 5.92 Å². The van der Waals surface area contributed by atoms with Gasteiger partial charge in [-0.2, -0.15) is 8.78 Å². The van der Waals surface area contributed by atoms with Crippen molar-refractivity contribution in [2.24, 2.45) is 0 Å². The maximum absolute atomic E-state index is 15.1. The first-order valence-electron chi connectivity index (χ1n) is 8.34. The van der Waals surface area contributed by atoms with Crippen LogP contribution < -0.4 is 0 Å². The molecule has 1 saturated heterocycles. The number of hydrogen-bond acceptors (Lipinski definition) is 2. The van der Waals surface area contributed by atoms with Crippen molar-refractivity contribution in [2.45, 2.75) is 18.4 Å². The predicted molar refractivity (Wildman–Crippen MR) is 92.3 cm³/mol. The van der Waals surface area contributed by atoms with E-state index in [-0.39, 0.29) is 12.2 Å². The average molecular weight is 373 g/mol. The molecule has 6 heteroatoms. The number of aryl methyl sites for hydroxylation is 1. The minimum atomic E-state index is -3.57. The largest absolute Gasteiger partial charge is 0.357 e. The Morgan fingerprint density at radius 1 is 0.963 bits per heavy atom. The summed E-state index contributed by atoms with van der Waals surface area (Å²) in [6, 6.07) is 12.8. The van der Waals surface area contributed by atoms with E-state index >= 15 is 8.78 Å². The van der Waals surface area contributed by atoms with Crippen molar-refractivity contribution in [1.82, 2.24) is 4.98 Å². The molecule has 0 amide bonds. The molecule has 0 spiro atoms. The number of pyridine rings is 1. The van der Waals surface area contributed by atoms with Gasteiger partial charge in [0.1, 0.15) is 17.3 Å². The third kappa shape index (κ3) is 2.90. The SMILES string of the molecule is Cc1ccc(-c2ccc(C(F)(F)[C@@]3(c4ccc(F)cc4F)CO3)nc2)cc1. The van der Waals surface area contributed by atoms with Gasteiger partial charge in [-0.25, -0.2) is 8.78 Å². The number of hydrogen-bond donors (Lipinski definition) is 0. The molecule has 1 aliphatic rings. The standard InChI is InChI=1S/C21H15F4NO/c1-13-2-4-14(5-3-13)15-6-9-19(26-11-15)21(24,25)20(12-27-20)17-8-7-16(22)10-18(17)23/h2-11H,12H2,1H3/t20-/m0/s1. The molecule has 1 fully saturated rings. The Morgan fingerprint density at radius 2 is 1.63 bits per heavy atom. The fourth-order valence-corrected chi connectivity index (χ4v) is 3.10. The summed E-state index contributed by atoms with van der Waals surface area (Å²) in [7, 11) is 0. The molecule has 138 valence electrons. The van der Waals surface area contributed by atoms with Gasteiger partial charge in [0.15, 0.2) is 5.60 Å². The quantitative estimate of drug-likeness (QED) is 0.455. The number of ether oxygens (including phenoxy) is 1. The van der Waals surface area contributed by atoms with E-state index in [1.807, 2.05) is 31.2 Å². The number of rotatable bonds is 4. The summed E-state index contributed by atoms with van der Waals surface area (Å²) in [5.41, 5.74) is -0.441. The van der Waals surface area contributed by atoms with Crippen LogP contribution in [0.15, 0.2) is 60.8 Å². The first-order valence-corrected chi connectivity index (χ1v) is 8.34. The van der Waals surface area contributed by atoms with Crippen molar-refractivity contribution in [2.75, 3.05) is 6.61 Å². The summed E-state index contributed by atoms with van der Waals surface area (Å²) >= 11 is 0. The maximum Gasteiger partial charge on any atom is 0.324 e. The summed E-state index contributed by atoms with van der Waals surface area (Å²) in [6.45, 7) is 1.58. The average Bonchev–Trinajstić information content (AvgIpc) is 3.45. The van der Waals surface area contributed by atoms with Gasteiger partial charge in [-0.3, -0.25) is 4.98 Å². The first kappa shape index (κ1) is 17.7. The van der Waals surface area contributed by atoms with E-state index in [0.717, 1.165) is 23.3 Å². The van der Waals surface area contributed by atoms with E-state index in [4.69, 9.17) is 4.74 Å². The first-order chi connectivity index (χ1) is 12.8. The van der Waals surface area contributed by atoms with Crippen LogP contribution in [0.25, 0.3) is 11.1 Å². The maximum atomic E-state index is 15.1. The third-order valence-corrected chi connectivity index (χ3v) is 4.78. The lowest BCUT2D eigenvalue weighted by Crippen LogP contribution is -2.34. The highest BCUT2D eigenvalue weighted by molar-refractivity contribution is 5.62. The molecular formula is C21H15F4NO. The molecule has 0 aliphatic carbocycles. The second-order valence-corrected chi connectivity index (χ2v) is 6.61. The van der Waals surface area contributed by atoms with Crippen LogP contribution in [0.2, 0.25) is 0 Å². The summed E-state index contributed by atoms with van der Waals surface area (Å²) in [5.74, 6) is -5.48. The molecule has 27 heavy (non-hydrogen) atoms. The van der Waals surface area contributed by atoms with E-state index in [1.165, 1.54) is 18.3 Å². The second kappa shape index (κ2) is 6.16. The van der Waals surface area contributed by atoms with Crippen LogP contribution in [0.3, 0.4) is 0 Å².